The number of hydrogen-bond donors (Lipinski definition) is 0. The van der Waals surface area contributed by atoms with Crippen molar-refractivity contribution in [1.82, 2.24) is 4.90 Å². The van der Waals surface area contributed by atoms with E-state index in [2.05, 4.69) is 0 Å². The molecule has 1 amide bonds. The molecule has 0 saturated carbocycles. The summed E-state index contributed by atoms with van der Waals surface area (Å²) in [6, 6.07) is 5.71. The predicted molar refractivity (Wildman–Crippen MR) is 78.3 cm³/mol. The Kier molecular flexibility index (Phi) is 5.27. The molecule has 0 unspecified atom stereocenters. The van der Waals surface area contributed by atoms with Crippen LogP contribution in [0.4, 0.5) is 0 Å². The number of nitrogens with zero attached hydrogens (tertiary/aromatic N) is 1. The highest BCUT2D eigenvalue weighted by Crippen LogP contribution is 2.29. The molecule has 0 spiro atoms. The first-order chi connectivity index (χ1) is 9.76. The van der Waals surface area contributed by atoms with E-state index in [0.717, 1.165) is 43.0 Å². The monoisotopic (exact) mass is 277 g/mol. The summed E-state index contributed by atoms with van der Waals surface area (Å²) in [6.07, 6.45) is 4.66. The van der Waals surface area contributed by atoms with E-state index in [1.807, 2.05) is 23.1 Å². The molecule has 20 heavy (non-hydrogen) atoms. The molecule has 0 aliphatic carbocycles. The van der Waals surface area contributed by atoms with Gasteiger partial charge in [-0.2, -0.15) is 0 Å². The Morgan fingerprint density at radius 2 is 1.70 bits per heavy atom. The first-order valence-electron chi connectivity index (χ1n) is 7.24. The van der Waals surface area contributed by atoms with Crippen molar-refractivity contribution in [2.75, 3.05) is 27.3 Å². The van der Waals surface area contributed by atoms with Crippen molar-refractivity contribution in [3.8, 4) is 11.5 Å². The molecule has 2 rings (SSSR count). The molecule has 4 heteroatoms. The Balaban J connectivity index is 2.00. The summed E-state index contributed by atoms with van der Waals surface area (Å²) >= 11 is 0. The third-order valence-corrected chi connectivity index (χ3v) is 3.83. The van der Waals surface area contributed by atoms with Crippen LogP contribution in [0.5, 0.6) is 11.5 Å². The second-order valence-corrected chi connectivity index (χ2v) is 5.08. The quantitative estimate of drug-likeness (QED) is 0.830. The zero-order valence-electron chi connectivity index (χ0n) is 12.4. The summed E-state index contributed by atoms with van der Waals surface area (Å²) < 4.78 is 10.7. The van der Waals surface area contributed by atoms with E-state index in [4.69, 9.17) is 9.47 Å². The molecule has 1 fully saturated rings. The lowest BCUT2D eigenvalue weighted by Crippen LogP contribution is -2.35. The van der Waals surface area contributed by atoms with E-state index < -0.39 is 0 Å². The van der Waals surface area contributed by atoms with Crippen molar-refractivity contribution in [2.24, 2.45) is 0 Å². The van der Waals surface area contributed by atoms with Crippen LogP contribution in [-0.2, 0) is 11.2 Å². The van der Waals surface area contributed by atoms with Crippen LogP contribution in [-0.4, -0.2) is 38.1 Å². The lowest BCUT2D eigenvalue weighted by Gasteiger charge is -2.27. The van der Waals surface area contributed by atoms with Crippen molar-refractivity contribution in [3.63, 3.8) is 0 Å². The van der Waals surface area contributed by atoms with Crippen molar-refractivity contribution in [2.45, 2.75) is 32.1 Å². The Hall–Kier alpha value is -1.71. The zero-order valence-corrected chi connectivity index (χ0v) is 12.4. The number of benzene rings is 1. The van der Waals surface area contributed by atoms with Gasteiger partial charge in [-0.15, -0.1) is 0 Å². The average Bonchev–Trinajstić information content (AvgIpc) is 2.52. The standard InChI is InChI=1S/C16H23NO3/c1-19-14-7-6-8-15(20-2)13(14)9-10-16(18)17-11-4-3-5-12-17/h6-8H,3-5,9-12H2,1-2H3. The van der Waals surface area contributed by atoms with Gasteiger partial charge in [0.05, 0.1) is 14.2 Å². The van der Waals surface area contributed by atoms with E-state index >= 15 is 0 Å². The number of hydrogen-bond acceptors (Lipinski definition) is 3. The van der Waals surface area contributed by atoms with Gasteiger partial charge in [0.1, 0.15) is 11.5 Å². The number of piperidine rings is 1. The highest BCUT2D eigenvalue weighted by Gasteiger charge is 2.18. The summed E-state index contributed by atoms with van der Waals surface area (Å²) in [6.45, 7) is 1.81. The highest BCUT2D eigenvalue weighted by atomic mass is 16.5. The number of likely N-dealkylation sites (tertiary alicyclic amines) is 1. The summed E-state index contributed by atoms with van der Waals surface area (Å²) in [5.41, 5.74) is 0.975. The van der Waals surface area contributed by atoms with E-state index in [-0.39, 0.29) is 5.91 Å². The Bertz CT molecular complexity index is 431. The number of carbonyl (C=O) groups is 1. The first-order valence-corrected chi connectivity index (χ1v) is 7.24. The van der Waals surface area contributed by atoms with Gasteiger partial charge in [0.25, 0.3) is 0 Å². The van der Waals surface area contributed by atoms with E-state index in [1.165, 1.54) is 6.42 Å². The molecular weight excluding hydrogens is 254 g/mol. The molecule has 110 valence electrons. The maximum atomic E-state index is 12.2. The van der Waals surface area contributed by atoms with Crippen LogP contribution in [0.3, 0.4) is 0 Å². The van der Waals surface area contributed by atoms with E-state index in [9.17, 15) is 4.79 Å². The van der Waals surface area contributed by atoms with Crippen LogP contribution < -0.4 is 9.47 Å². The van der Waals surface area contributed by atoms with E-state index in [0.29, 0.717) is 12.8 Å². The number of amides is 1. The number of methoxy groups -OCH3 is 2. The molecule has 1 heterocycles. The summed E-state index contributed by atoms with van der Waals surface area (Å²) in [4.78, 5) is 14.2. The van der Waals surface area contributed by atoms with Gasteiger partial charge >= 0.3 is 0 Å². The molecule has 4 nitrogen and oxygen atoms in total. The number of rotatable bonds is 5. The third kappa shape index (κ3) is 3.44. The maximum absolute atomic E-state index is 12.2. The second-order valence-electron chi connectivity index (χ2n) is 5.08. The predicted octanol–water partition coefficient (Wildman–Crippen LogP) is 2.65. The Morgan fingerprint density at radius 1 is 1.10 bits per heavy atom. The first kappa shape index (κ1) is 14.7. The molecule has 1 aromatic rings. The van der Waals surface area contributed by atoms with Gasteiger partial charge in [-0.3, -0.25) is 4.79 Å². The van der Waals surface area contributed by atoms with Gasteiger partial charge < -0.3 is 14.4 Å². The van der Waals surface area contributed by atoms with Crippen LogP contribution in [0, 0.1) is 0 Å². The lowest BCUT2D eigenvalue weighted by molar-refractivity contribution is -0.132. The van der Waals surface area contributed by atoms with Gasteiger partial charge in [0.15, 0.2) is 0 Å². The second kappa shape index (κ2) is 7.17. The van der Waals surface area contributed by atoms with Gasteiger partial charge in [-0.25, -0.2) is 0 Å². The van der Waals surface area contributed by atoms with Crippen molar-refractivity contribution in [3.05, 3.63) is 23.8 Å². The molecule has 1 aromatic carbocycles. The van der Waals surface area contributed by atoms with Crippen molar-refractivity contribution in [1.29, 1.82) is 0 Å². The van der Waals surface area contributed by atoms with Crippen LogP contribution >= 0.6 is 0 Å². The minimum absolute atomic E-state index is 0.234. The van der Waals surface area contributed by atoms with E-state index in [1.54, 1.807) is 14.2 Å². The zero-order chi connectivity index (χ0) is 14.4. The van der Waals surface area contributed by atoms with Gasteiger partial charge in [-0.1, -0.05) is 6.07 Å². The van der Waals surface area contributed by atoms with Gasteiger partial charge in [0, 0.05) is 25.1 Å². The third-order valence-electron chi connectivity index (χ3n) is 3.83. The summed E-state index contributed by atoms with van der Waals surface area (Å²) in [5, 5.41) is 0. The Labute approximate surface area is 120 Å². The van der Waals surface area contributed by atoms with Crippen LogP contribution in [0.15, 0.2) is 18.2 Å². The summed E-state index contributed by atoms with van der Waals surface area (Å²) in [5.74, 6) is 1.81. The molecule has 0 radical (unpaired) electrons. The van der Waals surface area contributed by atoms with Crippen LogP contribution in [0.1, 0.15) is 31.2 Å². The maximum Gasteiger partial charge on any atom is 0.222 e. The van der Waals surface area contributed by atoms with Crippen molar-refractivity contribution >= 4 is 5.91 Å². The minimum atomic E-state index is 0.234. The fourth-order valence-corrected chi connectivity index (χ4v) is 2.71. The smallest absolute Gasteiger partial charge is 0.222 e. The Morgan fingerprint density at radius 3 is 2.25 bits per heavy atom. The summed E-state index contributed by atoms with van der Waals surface area (Å²) in [7, 11) is 3.29. The molecular formula is C16H23NO3. The lowest BCUT2D eigenvalue weighted by atomic mass is 10.1. The van der Waals surface area contributed by atoms with Gasteiger partial charge in [0.2, 0.25) is 5.91 Å². The molecule has 0 atom stereocenters. The molecule has 0 aromatic heterocycles. The highest BCUT2D eigenvalue weighted by molar-refractivity contribution is 5.76. The molecule has 1 saturated heterocycles. The van der Waals surface area contributed by atoms with Crippen LogP contribution in [0.25, 0.3) is 0 Å². The molecule has 0 N–H and O–H groups in total. The molecule has 1 aliphatic heterocycles. The fraction of sp³-hybridized carbons (Fsp3) is 0.562. The average molecular weight is 277 g/mol. The molecule has 1 aliphatic rings. The number of carbonyl (C=O) groups excluding carboxylic acids is 1. The minimum Gasteiger partial charge on any atom is -0.496 e. The SMILES string of the molecule is COc1cccc(OC)c1CCC(=O)N1CCCCC1. The van der Waals surface area contributed by atoms with Gasteiger partial charge in [-0.05, 0) is 37.8 Å². The van der Waals surface area contributed by atoms with Crippen LogP contribution in [0.2, 0.25) is 0 Å². The molecule has 0 bridgehead atoms. The fourth-order valence-electron chi connectivity index (χ4n) is 2.71. The normalized spacial score (nSPS) is 15.0. The largest absolute Gasteiger partial charge is 0.496 e. The number of ether oxygens (including phenoxy) is 2. The van der Waals surface area contributed by atoms with Crippen molar-refractivity contribution < 1.29 is 14.3 Å². The topological polar surface area (TPSA) is 38.8 Å².